The van der Waals surface area contributed by atoms with E-state index >= 15 is 0 Å². The van der Waals surface area contributed by atoms with E-state index in [1.54, 1.807) is 12.4 Å². The van der Waals surface area contributed by atoms with Crippen molar-refractivity contribution in [3.8, 4) is 0 Å². The summed E-state index contributed by atoms with van der Waals surface area (Å²) in [6.07, 6.45) is 11.5. The minimum atomic E-state index is -0.0713. The fraction of sp³-hybridized carbons (Fsp3) is 0.364. The lowest BCUT2D eigenvalue weighted by molar-refractivity contribution is 0.0953. The Morgan fingerprint density at radius 1 is 1.04 bits per heavy atom. The predicted molar refractivity (Wildman–Crippen MR) is 107 cm³/mol. The molecular weight excluding hydrogens is 322 g/mol. The highest BCUT2D eigenvalue weighted by atomic mass is 16.1. The molecule has 1 heterocycles. The van der Waals surface area contributed by atoms with Crippen LogP contribution in [0.5, 0.6) is 0 Å². The molecule has 2 N–H and O–H groups in total. The molecule has 0 atom stereocenters. The van der Waals surface area contributed by atoms with Gasteiger partial charge in [0.15, 0.2) is 0 Å². The quantitative estimate of drug-likeness (QED) is 0.717. The van der Waals surface area contributed by atoms with Gasteiger partial charge in [-0.3, -0.25) is 9.78 Å². The first kappa shape index (κ1) is 18.2. The highest BCUT2D eigenvalue weighted by molar-refractivity contribution is 5.94. The third-order valence-corrected chi connectivity index (χ3v) is 4.63. The van der Waals surface area contributed by atoms with E-state index in [9.17, 15) is 4.79 Å². The van der Waals surface area contributed by atoms with E-state index in [1.165, 1.54) is 42.4 Å². The fourth-order valence-electron chi connectivity index (χ4n) is 3.42. The van der Waals surface area contributed by atoms with Gasteiger partial charge in [-0.05, 0) is 75.3 Å². The Morgan fingerprint density at radius 3 is 2.58 bits per heavy atom. The van der Waals surface area contributed by atoms with Crippen molar-refractivity contribution in [3.05, 3.63) is 65.0 Å². The molecule has 1 aromatic heterocycles. The van der Waals surface area contributed by atoms with Crippen LogP contribution in [0.3, 0.4) is 0 Å². The van der Waals surface area contributed by atoms with Crippen LogP contribution in [0.15, 0.2) is 48.3 Å². The van der Waals surface area contributed by atoms with Gasteiger partial charge in [0.25, 0.3) is 5.91 Å². The summed E-state index contributed by atoms with van der Waals surface area (Å²) in [5, 5.41) is 6.35. The maximum atomic E-state index is 12.4. The van der Waals surface area contributed by atoms with Crippen molar-refractivity contribution < 1.29 is 4.79 Å². The average molecular weight is 349 g/mol. The van der Waals surface area contributed by atoms with Crippen LogP contribution in [0, 0.1) is 13.8 Å². The summed E-state index contributed by atoms with van der Waals surface area (Å²) >= 11 is 0. The van der Waals surface area contributed by atoms with Crippen LogP contribution < -0.4 is 10.6 Å². The molecule has 0 bridgehead atoms. The number of pyridine rings is 1. The van der Waals surface area contributed by atoms with Crippen LogP contribution in [0.25, 0.3) is 0 Å². The van der Waals surface area contributed by atoms with Crippen molar-refractivity contribution in [1.82, 2.24) is 10.3 Å². The molecule has 1 aliphatic carbocycles. The second-order valence-electron chi connectivity index (χ2n) is 7.08. The van der Waals surface area contributed by atoms with Gasteiger partial charge >= 0.3 is 0 Å². The Labute approximate surface area is 155 Å². The third kappa shape index (κ3) is 5.19. The van der Waals surface area contributed by atoms with Crippen LogP contribution >= 0.6 is 0 Å². The molecule has 1 amide bonds. The molecule has 0 radical (unpaired) electrons. The van der Waals surface area contributed by atoms with E-state index in [2.05, 4.69) is 53.7 Å². The van der Waals surface area contributed by atoms with Crippen molar-refractivity contribution in [2.75, 3.05) is 11.9 Å². The van der Waals surface area contributed by atoms with E-state index in [0.717, 1.165) is 17.8 Å². The molecule has 3 rings (SSSR count). The maximum Gasteiger partial charge on any atom is 0.252 e. The Morgan fingerprint density at radius 2 is 1.85 bits per heavy atom. The molecule has 4 nitrogen and oxygen atoms in total. The van der Waals surface area contributed by atoms with Gasteiger partial charge in [-0.2, -0.15) is 0 Å². The fourth-order valence-corrected chi connectivity index (χ4v) is 3.42. The van der Waals surface area contributed by atoms with Crippen LogP contribution in [0.4, 0.5) is 11.4 Å². The van der Waals surface area contributed by atoms with Gasteiger partial charge in [-0.25, -0.2) is 0 Å². The van der Waals surface area contributed by atoms with Crippen molar-refractivity contribution in [2.24, 2.45) is 0 Å². The van der Waals surface area contributed by atoms with Crippen molar-refractivity contribution in [2.45, 2.75) is 46.0 Å². The summed E-state index contributed by atoms with van der Waals surface area (Å²) in [5.74, 6) is -0.0713. The molecule has 0 fully saturated rings. The molecule has 1 aromatic carbocycles. The maximum absolute atomic E-state index is 12.4. The number of rotatable bonds is 6. The smallest absolute Gasteiger partial charge is 0.252 e. The first-order valence-electron chi connectivity index (χ1n) is 9.36. The summed E-state index contributed by atoms with van der Waals surface area (Å²) in [4.78, 5) is 16.6. The first-order valence-corrected chi connectivity index (χ1v) is 9.36. The number of hydrogen-bond acceptors (Lipinski definition) is 3. The van der Waals surface area contributed by atoms with Crippen molar-refractivity contribution in [1.29, 1.82) is 0 Å². The number of amides is 1. The van der Waals surface area contributed by atoms with Crippen molar-refractivity contribution >= 4 is 17.3 Å². The average Bonchev–Trinajstić information content (AvgIpc) is 2.62. The number of aromatic nitrogens is 1. The van der Waals surface area contributed by atoms with Crippen LogP contribution in [0.2, 0.25) is 0 Å². The zero-order valence-corrected chi connectivity index (χ0v) is 15.6. The Balaban J connectivity index is 1.59. The lowest BCUT2D eigenvalue weighted by Crippen LogP contribution is -2.25. The minimum absolute atomic E-state index is 0.0713. The zero-order valence-electron chi connectivity index (χ0n) is 15.6. The van der Waals surface area contributed by atoms with Crippen LogP contribution in [-0.4, -0.2) is 17.4 Å². The van der Waals surface area contributed by atoms with Gasteiger partial charge < -0.3 is 10.6 Å². The molecule has 0 saturated heterocycles. The van der Waals surface area contributed by atoms with E-state index in [1.807, 2.05) is 6.07 Å². The summed E-state index contributed by atoms with van der Waals surface area (Å²) in [7, 11) is 0. The lowest BCUT2D eigenvalue weighted by atomic mass is 9.97. The standard InChI is InChI=1S/C22H27N3O/c1-16-10-17(2)12-20(11-16)25-21-13-19(14-23-15-21)22(26)24-9-8-18-6-4-3-5-7-18/h6,10-15,25H,3-5,7-9H2,1-2H3,(H,24,26). The van der Waals surface area contributed by atoms with Crippen molar-refractivity contribution in [3.63, 3.8) is 0 Å². The Hall–Kier alpha value is -2.62. The topological polar surface area (TPSA) is 54.0 Å². The number of nitrogens with zero attached hydrogens (tertiary/aromatic N) is 1. The molecule has 4 heteroatoms. The minimum Gasteiger partial charge on any atom is -0.354 e. The van der Waals surface area contributed by atoms with Gasteiger partial charge in [0.1, 0.15) is 0 Å². The highest BCUT2D eigenvalue weighted by Gasteiger charge is 2.09. The molecule has 1 aliphatic rings. The molecule has 0 saturated carbocycles. The van der Waals surface area contributed by atoms with Crippen LogP contribution in [-0.2, 0) is 0 Å². The largest absolute Gasteiger partial charge is 0.354 e. The van der Waals surface area contributed by atoms with Gasteiger partial charge in [-0.1, -0.05) is 17.7 Å². The molecule has 2 aromatic rings. The molecule has 0 spiro atoms. The molecular formula is C22H27N3O. The summed E-state index contributed by atoms with van der Waals surface area (Å²) in [6, 6.07) is 8.14. The van der Waals surface area contributed by atoms with E-state index in [0.29, 0.717) is 12.1 Å². The lowest BCUT2D eigenvalue weighted by Gasteiger charge is -2.13. The van der Waals surface area contributed by atoms with Gasteiger partial charge in [0.05, 0.1) is 17.4 Å². The predicted octanol–water partition coefficient (Wildman–Crippen LogP) is 5.06. The number of benzene rings is 1. The summed E-state index contributed by atoms with van der Waals surface area (Å²) in [6.45, 7) is 4.82. The highest BCUT2D eigenvalue weighted by Crippen LogP contribution is 2.21. The number of carbonyl (C=O) groups excluding carboxylic acids is 1. The zero-order chi connectivity index (χ0) is 18.4. The molecule has 26 heavy (non-hydrogen) atoms. The van der Waals surface area contributed by atoms with Gasteiger partial charge in [-0.15, -0.1) is 0 Å². The number of allylic oxidation sites excluding steroid dienone is 1. The van der Waals surface area contributed by atoms with Gasteiger partial charge in [0, 0.05) is 18.4 Å². The van der Waals surface area contributed by atoms with E-state index in [-0.39, 0.29) is 5.91 Å². The monoisotopic (exact) mass is 349 g/mol. The second kappa shape index (κ2) is 8.65. The molecule has 136 valence electrons. The number of carbonyl (C=O) groups is 1. The Kier molecular flexibility index (Phi) is 6.05. The summed E-state index contributed by atoms with van der Waals surface area (Å²) in [5.41, 5.74) is 6.28. The van der Waals surface area contributed by atoms with Gasteiger partial charge in [0.2, 0.25) is 0 Å². The number of nitrogens with one attached hydrogen (secondary N) is 2. The third-order valence-electron chi connectivity index (χ3n) is 4.63. The number of aryl methyl sites for hydroxylation is 2. The molecule has 0 aliphatic heterocycles. The summed E-state index contributed by atoms with van der Waals surface area (Å²) < 4.78 is 0. The first-order chi connectivity index (χ1) is 12.6. The van der Waals surface area contributed by atoms with E-state index in [4.69, 9.17) is 0 Å². The second-order valence-corrected chi connectivity index (χ2v) is 7.08. The normalized spacial score (nSPS) is 13.8. The van der Waals surface area contributed by atoms with E-state index < -0.39 is 0 Å². The number of hydrogen-bond donors (Lipinski definition) is 2. The number of anilines is 2. The molecule has 0 unspecified atom stereocenters. The SMILES string of the molecule is Cc1cc(C)cc(Nc2cncc(C(=O)NCCC3=CCCCC3)c2)c1. The van der Waals surface area contributed by atoms with Crippen LogP contribution in [0.1, 0.15) is 53.6 Å². The Bertz CT molecular complexity index is 791.